The van der Waals surface area contributed by atoms with Gasteiger partial charge in [-0.2, -0.15) is 60.5 Å². The molecule has 0 atom stereocenters. The molecule has 0 aliphatic rings. The van der Waals surface area contributed by atoms with Crippen molar-refractivity contribution >= 4 is 43.6 Å². The van der Waals surface area contributed by atoms with Gasteiger partial charge in [-0.1, -0.05) is 36.4 Å². The molecule has 0 fully saturated rings. The van der Waals surface area contributed by atoms with Crippen molar-refractivity contribution < 1.29 is 13.2 Å². The van der Waals surface area contributed by atoms with Crippen molar-refractivity contribution in [2.75, 3.05) is 0 Å². The van der Waals surface area contributed by atoms with Crippen molar-refractivity contribution in [3.63, 3.8) is 0 Å². The van der Waals surface area contributed by atoms with Crippen molar-refractivity contribution in [1.82, 2.24) is 9.13 Å². The van der Waals surface area contributed by atoms with E-state index < -0.39 is 11.7 Å². The minimum absolute atomic E-state index is 0.131. The predicted molar refractivity (Wildman–Crippen MR) is 310 cm³/mol. The molecule has 0 saturated heterocycles. The molecule has 0 bridgehead atoms. The van der Waals surface area contributed by atoms with Crippen molar-refractivity contribution in [2.24, 2.45) is 0 Å². The third-order valence-corrected chi connectivity index (χ3v) is 14.8. The second kappa shape index (κ2) is 20.3. The molecule has 2 aromatic heterocycles. The van der Waals surface area contributed by atoms with E-state index in [1.165, 1.54) is 30.3 Å². The Labute approximate surface area is 476 Å². The highest BCUT2D eigenvalue weighted by Crippen LogP contribution is 2.46. The maximum atomic E-state index is 15.1. The van der Waals surface area contributed by atoms with E-state index in [1.54, 1.807) is 66.7 Å². The van der Waals surface area contributed by atoms with Gasteiger partial charge in [0.1, 0.15) is 0 Å². The third-order valence-electron chi connectivity index (χ3n) is 14.8. The molecule has 0 aliphatic heterocycles. The summed E-state index contributed by atoms with van der Waals surface area (Å²) in [5, 5.41) is 93.5. The quantitative estimate of drug-likeness (QED) is 0.148. The number of nitrogens with zero attached hydrogens (tertiary/aromatic N) is 11. The second-order valence-electron chi connectivity index (χ2n) is 19.8. The normalized spacial score (nSPS) is 10.9. The molecule has 0 saturated carbocycles. The SMILES string of the molecule is N#Cc1cc(C#N)cc(-c2ccc3c(c2)c2cc(-c4cc(C#N)cc(C#N)c4)ccc2n3-c2cc(C#N)cc(-n3c4ccc(-c5cc(C#N)cc(C#N)c5)cc4c4cc(-c5cc(C#N)cc(C#N)c5)ccc43)c2-c2cccc(C(F)(F)F)c2)c1. The molecule has 0 unspecified atom stereocenters. The Hall–Kier alpha value is -13.0. The van der Waals surface area contributed by atoms with Crippen LogP contribution in [0.2, 0.25) is 0 Å². The number of rotatable bonds is 7. The molecule has 386 valence electrons. The molecule has 0 spiro atoms. The number of nitriles is 9. The number of alkyl halides is 3. The number of hydrogen-bond acceptors (Lipinski definition) is 9. The Bertz CT molecular complexity index is 4640. The molecule has 12 rings (SSSR count). The lowest BCUT2D eigenvalue weighted by atomic mass is 9.96. The molecule has 11 nitrogen and oxygen atoms in total. The fourth-order valence-electron chi connectivity index (χ4n) is 11.2. The van der Waals surface area contributed by atoms with Crippen LogP contribution in [0.1, 0.15) is 55.6 Å². The molecule has 0 N–H and O–H groups in total. The maximum Gasteiger partial charge on any atom is 0.416 e. The average Bonchev–Trinajstić information content (AvgIpc) is 1.64. The highest BCUT2D eigenvalue weighted by atomic mass is 19.4. The van der Waals surface area contributed by atoms with Gasteiger partial charge in [0.15, 0.2) is 0 Å². The first-order chi connectivity index (χ1) is 40.8. The monoisotopic (exact) mass is 1080 g/mol. The highest BCUT2D eigenvalue weighted by Gasteiger charge is 2.32. The van der Waals surface area contributed by atoms with Gasteiger partial charge in [0.05, 0.1) is 144 Å². The summed E-state index contributed by atoms with van der Waals surface area (Å²) in [6, 6.07) is 68.9. The van der Waals surface area contributed by atoms with Gasteiger partial charge in [-0.15, -0.1) is 0 Å². The number of benzene rings is 10. The molecular weight excluding hydrogens is 1050 g/mol. The number of halogens is 3. The van der Waals surface area contributed by atoms with E-state index in [0.29, 0.717) is 99.5 Å². The van der Waals surface area contributed by atoms with Gasteiger partial charge in [0, 0.05) is 27.1 Å². The van der Waals surface area contributed by atoms with E-state index in [1.807, 2.05) is 81.9 Å². The van der Waals surface area contributed by atoms with Crippen molar-refractivity contribution in [3.05, 3.63) is 238 Å². The zero-order valence-electron chi connectivity index (χ0n) is 43.4. The molecule has 2 heterocycles. The van der Waals surface area contributed by atoms with E-state index >= 15 is 13.2 Å². The average molecular weight is 1080 g/mol. The Morgan fingerprint density at radius 3 is 0.774 bits per heavy atom. The van der Waals surface area contributed by atoms with Crippen LogP contribution in [0.4, 0.5) is 13.2 Å². The predicted octanol–water partition coefficient (Wildman–Crippen LogP) is 16.1. The first-order valence-corrected chi connectivity index (χ1v) is 25.5. The molecule has 0 radical (unpaired) electrons. The van der Waals surface area contributed by atoms with E-state index in [9.17, 15) is 47.4 Å². The Kier molecular flexibility index (Phi) is 12.5. The van der Waals surface area contributed by atoms with Crippen LogP contribution in [0.15, 0.2) is 182 Å². The van der Waals surface area contributed by atoms with Gasteiger partial charge in [-0.25, -0.2) is 0 Å². The molecule has 0 amide bonds. The zero-order chi connectivity index (χ0) is 58.6. The highest BCUT2D eigenvalue weighted by molar-refractivity contribution is 6.14. The van der Waals surface area contributed by atoms with Crippen LogP contribution in [0.5, 0.6) is 0 Å². The molecule has 12 aromatic rings. The van der Waals surface area contributed by atoms with Gasteiger partial charge >= 0.3 is 6.18 Å². The minimum atomic E-state index is -4.78. The molecule has 14 heteroatoms. The van der Waals surface area contributed by atoms with Crippen molar-refractivity contribution in [3.8, 4) is 122 Å². The van der Waals surface area contributed by atoms with Crippen molar-refractivity contribution in [2.45, 2.75) is 6.18 Å². The smallest absolute Gasteiger partial charge is 0.308 e. The fourth-order valence-corrected chi connectivity index (χ4v) is 11.2. The Balaban J connectivity index is 1.22. The van der Waals surface area contributed by atoms with E-state index in [0.717, 1.165) is 12.1 Å². The summed E-state index contributed by atoms with van der Waals surface area (Å²) < 4.78 is 49.0. The lowest BCUT2D eigenvalue weighted by Gasteiger charge is -2.21. The van der Waals surface area contributed by atoms with Crippen LogP contribution in [0.3, 0.4) is 0 Å². The van der Waals surface area contributed by atoms with Gasteiger partial charge in [0.2, 0.25) is 0 Å². The first-order valence-electron chi connectivity index (χ1n) is 25.5. The maximum absolute atomic E-state index is 15.1. The summed E-state index contributed by atoms with van der Waals surface area (Å²) >= 11 is 0. The second-order valence-corrected chi connectivity index (χ2v) is 19.8. The molecule has 10 aromatic carbocycles. The van der Waals surface area contributed by atoms with Gasteiger partial charge in [-0.05, 0) is 196 Å². The van der Waals surface area contributed by atoms with E-state index in [4.69, 9.17) is 0 Å². The van der Waals surface area contributed by atoms with Crippen molar-refractivity contribution in [1.29, 1.82) is 47.4 Å². The summed E-state index contributed by atoms with van der Waals surface area (Å²) in [6.07, 6.45) is -4.78. The zero-order valence-corrected chi connectivity index (χ0v) is 43.4. The summed E-state index contributed by atoms with van der Waals surface area (Å²) in [5.41, 5.74) is 9.19. The van der Waals surface area contributed by atoms with Crippen LogP contribution >= 0.6 is 0 Å². The number of aromatic nitrogens is 2. The number of hydrogen-bond donors (Lipinski definition) is 0. The lowest BCUT2D eigenvalue weighted by Crippen LogP contribution is -2.07. The van der Waals surface area contributed by atoms with Crippen LogP contribution in [0, 0.1) is 102 Å². The summed E-state index contributed by atoms with van der Waals surface area (Å²) in [6.45, 7) is 0. The topological polar surface area (TPSA) is 224 Å². The van der Waals surface area contributed by atoms with Gasteiger partial charge in [-0.3, -0.25) is 0 Å². The molecular formula is C70H30F3N11. The number of fused-ring (bicyclic) bond motifs is 6. The van der Waals surface area contributed by atoms with Crippen LogP contribution in [0.25, 0.3) is 111 Å². The fraction of sp³-hybridized carbons (Fsp3) is 0.0143. The summed E-state index contributed by atoms with van der Waals surface area (Å²) in [5.74, 6) is 0. The molecule has 0 aliphatic carbocycles. The largest absolute Gasteiger partial charge is 0.416 e. The van der Waals surface area contributed by atoms with Crippen LogP contribution in [-0.2, 0) is 6.18 Å². The Morgan fingerprint density at radius 1 is 0.262 bits per heavy atom. The summed E-state index contributed by atoms with van der Waals surface area (Å²) in [4.78, 5) is 0. The summed E-state index contributed by atoms with van der Waals surface area (Å²) in [7, 11) is 0. The Morgan fingerprint density at radius 2 is 0.524 bits per heavy atom. The van der Waals surface area contributed by atoms with E-state index in [-0.39, 0.29) is 61.2 Å². The van der Waals surface area contributed by atoms with Gasteiger partial charge < -0.3 is 9.13 Å². The standard InChI is InChI=1S/C70H30F3N11/c71-70(72,73)58-3-1-2-53(26-58)69-67(83-63-8-4-49(54-16-40(31-74)12-41(17-54)32-75)27-59(63)60-28-50(5-9-64(60)83)55-18-42(33-76)13-43(19-55)34-77)24-48(39-82)25-68(69)84-65-10-6-51(56-20-44(35-78)14-45(21-56)36-79)29-61(65)62-30-52(7-11-66(62)84)57-22-46(37-80)15-47(23-57)38-81/h1-30H. The third kappa shape index (κ3) is 8.93. The van der Waals surface area contributed by atoms with Crippen LogP contribution < -0.4 is 0 Å². The van der Waals surface area contributed by atoms with Crippen LogP contribution in [-0.4, -0.2) is 9.13 Å². The lowest BCUT2D eigenvalue weighted by molar-refractivity contribution is -0.137. The van der Waals surface area contributed by atoms with Gasteiger partial charge in [0.25, 0.3) is 0 Å². The minimum Gasteiger partial charge on any atom is -0.308 e. The molecule has 84 heavy (non-hydrogen) atoms. The van der Waals surface area contributed by atoms with E-state index in [2.05, 4.69) is 54.6 Å². The first kappa shape index (κ1) is 51.7.